The molecule has 0 radical (unpaired) electrons. The first-order valence-corrected chi connectivity index (χ1v) is 5.34. The first kappa shape index (κ1) is 11.7. The number of benzene rings is 1. The van der Waals surface area contributed by atoms with Crippen molar-refractivity contribution in [3.05, 3.63) is 54.4 Å². The van der Waals surface area contributed by atoms with Crippen LogP contribution in [0.5, 0.6) is 0 Å². The van der Waals surface area contributed by atoms with E-state index >= 15 is 0 Å². The predicted molar refractivity (Wildman–Crippen MR) is 73.5 cm³/mol. The van der Waals surface area contributed by atoms with Gasteiger partial charge in [0.15, 0.2) is 0 Å². The van der Waals surface area contributed by atoms with Crippen LogP contribution in [-0.4, -0.2) is 9.97 Å². The molecule has 0 aliphatic heterocycles. The number of aromatic nitrogens is 2. The summed E-state index contributed by atoms with van der Waals surface area (Å²) in [6.45, 7) is 2.15. The summed E-state index contributed by atoms with van der Waals surface area (Å²) >= 11 is 0. The molecule has 0 bridgehead atoms. The minimum atomic E-state index is 0. The SMILES string of the molecule is Cc1c(-c2ccncc2)[nH]c2ccccc12.Cl. The van der Waals surface area contributed by atoms with Crippen molar-refractivity contribution in [1.82, 2.24) is 9.97 Å². The molecule has 86 valence electrons. The Morgan fingerprint density at radius 3 is 2.41 bits per heavy atom. The van der Waals surface area contributed by atoms with Crippen LogP contribution in [0.25, 0.3) is 22.2 Å². The van der Waals surface area contributed by atoms with Crippen molar-refractivity contribution in [2.75, 3.05) is 0 Å². The average Bonchev–Trinajstić information content (AvgIpc) is 2.69. The lowest BCUT2D eigenvalue weighted by Crippen LogP contribution is -1.80. The summed E-state index contributed by atoms with van der Waals surface area (Å²) in [6.07, 6.45) is 3.64. The lowest BCUT2D eigenvalue weighted by molar-refractivity contribution is 1.31. The van der Waals surface area contributed by atoms with Crippen molar-refractivity contribution in [1.29, 1.82) is 0 Å². The Bertz CT molecular complexity index is 629. The zero-order valence-electron chi connectivity index (χ0n) is 9.47. The third-order valence-corrected chi connectivity index (χ3v) is 2.93. The molecule has 0 aliphatic rings. The van der Waals surface area contributed by atoms with Gasteiger partial charge in [-0.1, -0.05) is 18.2 Å². The monoisotopic (exact) mass is 244 g/mol. The molecule has 0 amide bonds. The highest BCUT2D eigenvalue weighted by atomic mass is 35.5. The third kappa shape index (κ3) is 1.92. The number of H-pyrrole nitrogens is 1. The summed E-state index contributed by atoms with van der Waals surface area (Å²) in [5, 5.41) is 1.29. The van der Waals surface area contributed by atoms with Gasteiger partial charge in [-0.3, -0.25) is 4.98 Å². The smallest absolute Gasteiger partial charge is 0.0495 e. The zero-order chi connectivity index (χ0) is 11.0. The van der Waals surface area contributed by atoms with E-state index in [4.69, 9.17) is 0 Å². The maximum atomic E-state index is 4.04. The average molecular weight is 245 g/mol. The summed E-state index contributed by atoms with van der Waals surface area (Å²) < 4.78 is 0. The lowest BCUT2D eigenvalue weighted by atomic mass is 10.1. The van der Waals surface area contributed by atoms with Crippen molar-refractivity contribution in [3.63, 3.8) is 0 Å². The highest BCUT2D eigenvalue weighted by molar-refractivity contribution is 5.90. The van der Waals surface area contributed by atoms with E-state index in [2.05, 4.69) is 41.2 Å². The molecule has 0 atom stereocenters. The van der Waals surface area contributed by atoms with Crippen LogP contribution < -0.4 is 0 Å². The van der Waals surface area contributed by atoms with E-state index in [-0.39, 0.29) is 12.4 Å². The van der Waals surface area contributed by atoms with Gasteiger partial charge in [-0.25, -0.2) is 0 Å². The van der Waals surface area contributed by atoms with Gasteiger partial charge in [0.25, 0.3) is 0 Å². The third-order valence-electron chi connectivity index (χ3n) is 2.93. The van der Waals surface area contributed by atoms with Crippen LogP contribution in [0.3, 0.4) is 0 Å². The maximum absolute atomic E-state index is 4.04. The quantitative estimate of drug-likeness (QED) is 0.690. The van der Waals surface area contributed by atoms with Crippen LogP contribution in [0, 0.1) is 6.92 Å². The van der Waals surface area contributed by atoms with Crippen molar-refractivity contribution in [3.8, 4) is 11.3 Å². The molecule has 3 aromatic rings. The fourth-order valence-corrected chi connectivity index (χ4v) is 2.09. The largest absolute Gasteiger partial charge is 0.354 e. The first-order chi connectivity index (χ1) is 7.86. The highest BCUT2D eigenvalue weighted by Crippen LogP contribution is 2.28. The molecule has 0 aliphatic carbocycles. The number of nitrogens with zero attached hydrogens (tertiary/aromatic N) is 1. The Morgan fingerprint density at radius 1 is 1.00 bits per heavy atom. The normalized spacial score (nSPS) is 10.2. The number of pyridine rings is 1. The molecular weight excluding hydrogens is 232 g/mol. The van der Waals surface area contributed by atoms with Gasteiger partial charge in [-0.05, 0) is 30.7 Å². The number of nitrogens with one attached hydrogen (secondary N) is 1. The summed E-state index contributed by atoms with van der Waals surface area (Å²) in [5.41, 5.74) is 4.85. The summed E-state index contributed by atoms with van der Waals surface area (Å²) in [6, 6.07) is 12.4. The van der Waals surface area contributed by atoms with Crippen molar-refractivity contribution in [2.24, 2.45) is 0 Å². The Hall–Kier alpha value is -1.80. The molecule has 1 N–H and O–H groups in total. The molecule has 0 spiro atoms. The Labute approximate surface area is 106 Å². The molecular formula is C14H13ClN2. The molecule has 17 heavy (non-hydrogen) atoms. The van der Waals surface area contributed by atoms with E-state index in [1.807, 2.05) is 24.5 Å². The van der Waals surface area contributed by atoms with E-state index in [1.54, 1.807) is 0 Å². The number of halogens is 1. The predicted octanol–water partition coefficient (Wildman–Crippen LogP) is 3.96. The summed E-state index contributed by atoms with van der Waals surface area (Å²) in [5.74, 6) is 0. The number of rotatable bonds is 1. The van der Waals surface area contributed by atoms with Crippen LogP contribution in [0.1, 0.15) is 5.56 Å². The Kier molecular flexibility index (Phi) is 3.16. The number of aryl methyl sites for hydroxylation is 1. The van der Waals surface area contributed by atoms with E-state index in [9.17, 15) is 0 Å². The summed E-state index contributed by atoms with van der Waals surface area (Å²) in [4.78, 5) is 7.49. The van der Waals surface area contributed by atoms with Gasteiger partial charge in [-0.15, -0.1) is 12.4 Å². The second kappa shape index (κ2) is 4.60. The van der Waals surface area contributed by atoms with Crippen LogP contribution in [0.4, 0.5) is 0 Å². The van der Waals surface area contributed by atoms with Gasteiger partial charge in [0.2, 0.25) is 0 Å². The highest BCUT2D eigenvalue weighted by Gasteiger charge is 2.07. The van der Waals surface area contributed by atoms with Crippen molar-refractivity contribution in [2.45, 2.75) is 6.92 Å². The van der Waals surface area contributed by atoms with Gasteiger partial charge in [-0.2, -0.15) is 0 Å². The van der Waals surface area contributed by atoms with E-state index in [0.29, 0.717) is 0 Å². The zero-order valence-corrected chi connectivity index (χ0v) is 10.3. The molecule has 0 saturated heterocycles. The number of hydrogen-bond acceptors (Lipinski definition) is 1. The van der Waals surface area contributed by atoms with E-state index in [1.165, 1.54) is 27.7 Å². The van der Waals surface area contributed by atoms with Crippen molar-refractivity contribution < 1.29 is 0 Å². The number of hydrogen-bond donors (Lipinski definition) is 1. The molecule has 0 unspecified atom stereocenters. The van der Waals surface area contributed by atoms with Gasteiger partial charge < -0.3 is 4.98 Å². The molecule has 0 fully saturated rings. The molecule has 2 nitrogen and oxygen atoms in total. The minimum Gasteiger partial charge on any atom is -0.354 e. The van der Waals surface area contributed by atoms with Crippen molar-refractivity contribution >= 4 is 23.3 Å². The Balaban J connectivity index is 0.00000108. The van der Waals surface area contributed by atoms with Gasteiger partial charge in [0.05, 0.1) is 0 Å². The molecule has 3 heteroatoms. The molecule has 0 saturated carbocycles. The van der Waals surface area contributed by atoms with Gasteiger partial charge in [0.1, 0.15) is 0 Å². The number of aromatic amines is 1. The topological polar surface area (TPSA) is 28.7 Å². The standard InChI is InChI=1S/C14H12N2.ClH/c1-10-12-4-2-3-5-13(12)16-14(10)11-6-8-15-9-7-11;/h2-9,16H,1H3;1H. The van der Waals surface area contributed by atoms with Gasteiger partial charge >= 0.3 is 0 Å². The second-order valence-corrected chi connectivity index (χ2v) is 3.91. The fraction of sp³-hybridized carbons (Fsp3) is 0.0714. The first-order valence-electron chi connectivity index (χ1n) is 5.34. The second-order valence-electron chi connectivity index (χ2n) is 3.91. The molecule has 3 rings (SSSR count). The maximum Gasteiger partial charge on any atom is 0.0495 e. The van der Waals surface area contributed by atoms with Crippen LogP contribution in [0.15, 0.2) is 48.8 Å². The minimum absolute atomic E-state index is 0. The Morgan fingerprint density at radius 2 is 1.71 bits per heavy atom. The van der Waals surface area contributed by atoms with E-state index in [0.717, 1.165) is 0 Å². The molecule has 2 aromatic heterocycles. The van der Waals surface area contributed by atoms with Crippen LogP contribution >= 0.6 is 12.4 Å². The van der Waals surface area contributed by atoms with Gasteiger partial charge in [0, 0.05) is 34.6 Å². The number of para-hydroxylation sites is 1. The van der Waals surface area contributed by atoms with E-state index < -0.39 is 0 Å². The summed E-state index contributed by atoms with van der Waals surface area (Å²) in [7, 11) is 0. The van der Waals surface area contributed by atoms with Crippen LogP contribution in [0.2, 0.25) is 0 Å². The van der Waals surface area contributed by atoms with Crippen LogP contribution in [-0.2, 0) is 0 Å². The fourth-order valence-electron chi connectivity index (χ4n) is 2.09. The lowest BCUT2D eigenvalue weighted by Gasteiger charge is -1.98. The number of fused-ring (bicyclic) bond motifs is 1. The molecule has 2 heterocycles. The molecule has 1 aromatic carbocycles.